The molecule has 0 unspecified atom stereocenters. The van der Waals surface area contributed by atoms with E-state index >= 15 is 0 Å². The molecular formula is C14H14FN3O2. The molecule has 6 heteroatoms. The Morgan fingerprint density at radius 3 is 2.85 bits per heavy atom. The molecule has 2 rings (SSSR count). The summed E-state index contributed by atoms with van der Waals surface area (Å²) in [5, 5.41) is 13.7. The summed E-state index contributed by atoms with van der Waals surface area (Å²) < 4.78 is 13.8. The molecule has 0 spiro atoms. The van der Waals surface area contributed by atoms with Crippen LogP contribution in [0.25, 0.3) is 0 Å². The van der Waals surface area contributed by atoms with E-state index in [1.54, 1.807) is 18.5 Å². The minimum Gasteiger partial charge on any atom is -0.312 e. The molecule has 0 amide bonds. The lowest BCUT2D eigenvalue weighted by Crippen LogP contribution is -2.17. The normalized spacial score (nSPS) is 10.4. The van der Waals surface area contributed by atoms with Gasteiger partial charge < -0.3 is 5.32 Å². The van der Waals surface area contributed by atoms with Crippen LogP contribution in [0.3, 0.4) is 0 Å². The van der Waals surface area contributed by atoms with E-state index in [0.717, 1.165) is 18.1 Å². The van der Waals surface area contributed by atoms with Crippen LogP contribution in [-0.2, 0) is 13.0 Å². The van der Waals surface area contributed by atoms with Crippen molar-refractivity contribution >= 4 is 5.69 Å². The Kier molecular flexibility index (Phi) is 4.73. The summed E-state index contributed by atoms with van der Waals surface area (Å²) in [6, 6.07) is 8.01. The lowest BCUT2D eigenvalue weighted by molar-refractivity contribution is -0.387. The van der Waals surface area contributed by atoms with Crippen LogP contribution in [0.2, 0.25) is 0 Å². The third kappa shape index (κ3) is 3.58. The number of hydrogen-bond donors (Lipinski definition) is 1. The van der Waals surface area contributed by atoms with Gasteiger partial charge in [0, 0.05) is 30.6 Å². The second-order valence-electron chi connectivity index (χ2n) is 4.30. The molecular weight excluding hydrogens is 261 g/mol. The van der Waals surface area contributed by atoms with Crippen LogP contribution >= 0.6 is 0 Å². The van der Waals surface area contributed by atoms with Crippen molar-refractivity contribution in [3.05, 3.63) is 69.8 Å². The highest BCUT2D eigenvalue weighted by Crippen LogP contribution is 2.19. The Bertz CT molecular complexity index is 590. The van der Waals surface area contributed by atoms with E-state index in [1.165, 1.54) is 6.07 Å². The number of nitrogens with one attached hydrogen (secondary N) is 1. The molecule has 0 saturated heterocycles. The van der Waals surface area contributed by atoms with Crippen LogP contribution in [0.15, 0.2) is 42.7 Å². The van der Waals surface area contributed by atoms with Gasteiger partial charge in [-0.2, -0.15) is 4.39 Å². The molecule has 0 saturated carbocycles. The summed E-state index contributed by atoms with van der Waals surface area (Å²) in [5.41, 5.74) is 0.890. The van der Waals surface area contributed by atoms with Crippen LogP contribution in [-0.4, -0.2) is 16.5 Å². The number of rotatable bonds is 6. The molecule has 1 aromatic heterocycles. The predicted octanol–water partition coefficient (Wildman–Crippen LogP) is 2.46. The van der Waals surface area contributed by atoms with Gasteiger partial charge >= 0.3 is 5.69 Å². The number of halogens is 1. The first-order chi connectivity index (χ1) is 9.68. The van der Waals surface area contributed by atoms with Gasteiger partial charge in [-0.3, -0.25) is 15.1 Å². The summed E-state index contributed by atoms with van der Waals surface area (Å²) in [4.78, 5) is 13.9. The van der Waals surface area contributed by atoms with E-state index in [0.29, 0.717) is 12.1 Å². The Labute approximate surface area is 115 Å². The van der Waals surface area contributed by atoms with Gasteiger partial charge in [0.15, 0.2) is 0 Å². The lowest BCUT2D eigenvalue weighted by Gasteiger charge is -2.06. The summed E-state index contributed by atoms with van der Waals surface area (Å²) in [6.45, 7) is 0.904. The van der Waals surface area contributed by atoms with Crippen LogP contribution in [0.1, 0.15) is 11.1 Å². The van der Waals surface area contributed by atoms with Gasteiger partial charge in [-0.25, -0.2) is 0 Å². The van der Waals surface area contributed by atoms with Gasteiger partial charge in [0.25, 0.3) is 0 Å². The first-order valence-electron chi connectivity index (χ1n) is 6.20. The SMILES string of the molecule is O=[N+]([O-])c1cccc(CNCCc2cccnc2)c1F. The van der Waals surface area contributed by atoms with E-state index in [4.69, 9.17) is 0 Å². The van der Waals surface area contributed by atoms with Gasteiger partial charge in [-0.1, -0.05) is 18.2 Å². The monoisotopic (exact) mass is 275 g/mol. The molecule has 2 aromatic rings. The molecule has 0 fully saturated rings. The summed E-state index contributed by atoms with van der Waals surface area (Å²) in [7, 11) is 0. The van der Waals surface area contributed by atoms with Crippen molar-refractivity contribution < 1.29 is 9.31 Å². The van der Waals surface area contributed by atoms with Crippen molar-refractivity contribution in [3.8, 4) is 0 Å². The number of pyridine rings is 1. The maximum Gasteiger partial charge on any atom is 0.305 e. The molecule has 0 radical (unpaired) electrons. The highest BCUT2D eigenvalue weighted by atomic mass is 19.1. The van der Waals surface area contributed by atoms with Crippen LogP contribution < -0.4 is 5.32 Å². The molecule has 0 aliphatic rings. The maximum absolute atomic E-state index is 13.8. The first kappa shape index (κ1) is 14.1. The summed E-state index contributed by atoms with van der Waals surface area (Å²) in [5.74, 6) is -0.772. The summed E-state index contributed by atoms with van der Waals surface area (Å²) >= 11 is 0. The highest BCUT2D eigenvalue weighted by molar-refractivity contribution is 5.36. The Morgan fingerprint density at radius 1 is 1.30 bits per heavy atom. The molecule has 0 bridgehead atoms. The minimum absolute atomic E-state index is 0.258. The Balaban J connectivity index is 1.88. The first-order valence-corrected chi connectivity index (χ1v) is 6.20. The van der Waals surface area contributed by atoms with Crippen molar-refractivity contribution in [2.24, 2.45) is 0 Å². The zero-order valence-electron chi connectivity index (χ0n) is 10.8. The number of nitrogens with zero attached hydrogens (tertiary/aromatic N) is 2. The molecule has 5 nitrogen and oxygen atoms in total. The number of aromatic nitrogens is 1. The van der Waals surface area contributed by atoms with Crippen molar-refractivity contribution in [2.45, 2.75) is 13.0 Å². The van der Waals surface area contributed by atoms with E-state index in [-0.39, 0.29) is 6.54 Å². The molecule has 0 aliphatic carbocycles. The number of hydrogen-bond acceptors (Lipinski definition) is 4. The van der Waals surface area contributed by atoms with Gasteiger partial charge in [0.2, 0.25) is 5.82 Å². The fourth-order valence-corrected chi connectivity index (χ4v) is 1.85. The standard InChI is InChI=1S/C14H14FN3O2/c15-14-12(4-1-5-13(14)18(19)20)10-17-8-6-11-3-2-7-16-9-11/h1-5,7,9,17H,6,8,10H2. The van der Waals surface area contributed by atoms with E-state index in [9.17, 15) is 14.5 Å². The van der Waals surface area contributed by atoms with Crippen molar-refractivity contribution in [1.82, 2.24) is 10.3 Å². The number of benzene rings is 1. The third-order valence-corrected chi connectivity index (χ3v) is 2.88. The van der Waals surface area contributed by atoms with Gasteiger partial charge in [0.05, 0.1) is 4.92 Å². The minimum atomic E-state index is -0.772. The molecule has 1 heterocycles. The van der Waals surface area contributed by atoms with E-state index < -0.39 is 16.4 Å². The van der Waals surface area contributed by atoms with Gasteiger partial charge in [-0.15, -0.1) is 0 Å². The number of nitro benzene ring substituents is 1. The van der Waals surface area contributed by atoms with Crippen molar-refractivity contribution in [3.63, 3.8) is 0 Å². The molecule has 1 aromatic carbocycles. The van der Waals surface area contributed by atoms with Gasteiger partial charge in [0.1, 0.15) is 0 Å². The molecule has 0 atom stereocenters. The molecule has 104 valence electrons. The fraction of sp³-hybridized carbons (Fsp3) is 0.214. The summed E-state index contributed by atoms with van der Waals surface area (Å²) in [6.07, 6.45) is 4.25. The van der Waals surface area contributed by atoms with Crippen molar-refractivity contribution in [2.75, 3.05) is 6.54 Å². The van der Waals surface area contributed by atoms with Crippen LogP contribution in [0, 0.1) is 15.9 Å². The Hall–Kier alpha value is -2.34. The topological polar surface area (TPSA) is 68.1 Å². The van der Waals surface area contributed by atoms with Crippen LogP contribution in [0.4, 0.5) is 10.1 Å². The second-order valence-corrected chi connectivity index (χ2v) is 4.30. The number of nitro groups is 1. The molecule has 0 aliphatic heterocycles. The van der Waals surface area contributed by atoms with E-state index in [2.05, 4.69) is 10.3 Å². The second kappa shape index (κ2) is 6.72. The zero-order valence-corrected chi connectivity index (χ0v) is 10.8. The van der Waals surface area contributed by atoms with Crippen molar-refractivity contribution in [1.29, 1.82) is 0 Å². The predicted molar refractivity (Wildman–Crippen MR) is 72.7 cm³/mol. The highest BCUT2D eigenvalue weighted by Gasteiger charge is 2.16. The zero-order chi connectivity index (χ0) is 14.4. The largest absolute Gasteiger partial charge is 0.312 e. The molecule has 20 heavy (non-hydrogen) atoms. The average Bonchev–Trinajstić information content (AvgIpc) is 2.46. The fourth-order valence-electron chi connectivity index (χ4n) is 1.85. The third-order valence-electron chi connectivity index (χ3n) is 2.88. The average molecular weight is 275 g/mol. The lowest BCUT2D eigenvalue weighted by atomic mass is 10.1. The Morgan fingerprint density at radius 2 is 2.15 bits per heavy atom. The quantitative estimate of drug-likeness (QED) is 0.499. The smallest absolute Gasteiger partial charge is 0.305 e. The van der Waals surface area contributed by atoms with Gasteiger partial charge in [-0.05, 0) is 24.6 Å². The maximum atomic E-state index is 13.8. The van der Waals surface area contributed by atoms with E-state index in [1.807, 2.05) is 12.1 Å². The van der Waals surface area contributed by atoms with Crippen LogP contribution in [0.5, 0.6) is 0 Å². The molecule has 1 N–H and O–H groups in total.